The second-order valence-corrected chi connectivity index (χ2v) is 5.21. The first-order valence-electron chi connectivity index (χ1n) is 6.39. The summed E-state index contributed by atoms with van der Waals surface area (Å²) >= 11 is 5.83. The number of carbonyl (C=O) groups excluding carboxylic acids is 1. The molecule has 1 aromatic rings. The van der Waals surface area contributed by atoms with Gasteiger partial charge >= 0.3 is 0 Å². The fourth-order valence-electron chi connectivity index (χ4n) is 2.17. The third-order valence-electron chi connectivity index (χ3n) is 3.57. The molecule has 1 aromatic carbocycles. The van der Waals surface area contributed by atoms with E-state index >= 15 is 0 Å². The van der Waals surface area contributed by atoms with E-state index in [4.69, 9.17) is 11.6 Å². The number of amides is 1. The number of hydrogen-bond acceptors (Lipinski definition) is 2. The summed E-state index contributed by atoms with van der Waals surface area (Å²) in [6.45, 7) is 3.51. The molecule has 0 aromatic heterocycles. The van der Waals surface area contributed by atoms with Crippen molar-refractivity contribution in [3.63, 3.8) is 0 Å². The van der Waals surface area contributed by atoms with E-state index in [-0.39, 0.29) is 16.7 Å². The number of nitrogens with zero attached hydrogens (tertiary/aromatic N) is 1. The van der Waals surface area contributed by atoms with Crippen molar-refractivity contribution < 1.29 is 9.90 Å². The second-order valence-electron chi connectivity index (χ2n) is 4.81. The fourth-order valence-corrected chi connectivity index (χ4v) is 2.35. The van der Waals surface area contributed by atoms with E-state index in [1.165, 1.54) is 31.4 Å². The standard InChI is InChI=1S/C14H18ClNO2/c1-2-16(9-10-4-3-5-10)14(18)11-6-7-13(17)12(15)8-11/h6-8,10,17H,2-5,9H2,1H3. The van der Waals surface area contributed by atoms with Crippen LogP contribution in [-0.2, 0) is 0 Å². The highest BCUT2D eigenvalue weighted by Crippen LogP contribution is 2.28. The Kier molecular flexibility index (Phi) is 4.12. The number of rotatable bonds is 4. The molecule has 0 unspecified atom stereocenters. The molecule has 1 aliphatic carbocycles. The van der Waals surface area contributed by atoms with E-state index in [2.05, 4.69) is 0 Å². The minimum absolute atomic E-state index is 0.00806. The Morgan fingerprint density at radius 2 is 2.22 bits per heavy atom. The Hall–Kier alpha value is -1.22. The van der Waals surface area contributed by atoms with E-state index < -0.39 is 0 Å². The van der Waals surface area contributed by atoms with Crippen molar-refractivity contribution in [2.45, 2.75) is 26.2 Å². The van der Waals surface area contributed by atoms with Gasteiger partial charge in [-0.1, -0.05) is 18.0 Å². The zero-order valence-corrected chi connectivity index (χ0v) is 11.3. The van der Waals surface area contributed by atoms with Gasteiger partial charge in [0.2, 0.25) is 0 Å². The SMILES string of the molecule is CCN(CC1CCC1)C(=O)c1ccc(O)c(Cl)c1. The third-order valence-corrected chi connectivity index (χ3v) is 3.87. The Morgan fingerprint density at radius 3 is 2.72 bits per heavy atom. The van der Waals surface area contributed by atoms with Gasteiger partial charge in [0.05, 0.1) is 5.02 Å². The van der Waals surface area contributed by atoms with Crippen LogP contribution in [-0.4, -0.2) is 29.0 Å². The molecule has 0 radical (unpaired) electrons. The number of hydrogen-bond donors (Lipinski definition) is 1. The minimum Gasteiger partial charge on any atom is -0.506 e. The molecule has 0 spiro atoms. The number of phenols is 1. The van der Waals surface area contributed by atoms with Crippen molar-refractivity contribution in [1.29, 1.82) is 0 Å². The van der Waals surface area contributed by atoms with Crippen LogP contribution in [0.5, 0.6) is 5.75 Å². The lowest BCUT2D eigenvalue weighted by molar-refractivity contribution is 0.0706. The lowest BCUT2D eigenvalue weighted by Crippen LogP contribution is -2.37. The summed E-state index contributed by atoms with van der Waals surface area (Å²) in [7, 11) is 0. The zero-order valence-electron chi connectivity index (χ0n) is 10.5. The van der Waals surface area contributed by atoms with E-state index in [0.29, 0.717) is 18.0 Å². The van der Waals surface area contributed by atoms with Gasteiger partial charge in [0.15, 0.2) is 0 Å². The molecule has 1 aliphatic rings. The van der Waals surface area contributed by atoms with Gasteiger partial charge in [-0.15, -0.1) is 0 Å². The van der Waals surface area contributed by atoms with Crippen LogP contribution in [0.15, 0.2) is 18.2 Å². The van der Waals surface area contributed by atoms with Crippen LogP contribution in [0.2, 0.25) is 5.02 Å². The first-order chi connectivity index (χ1) is 8.61. The van der Waals surface area contributed by atoms with Crippen LogP contribution in [0.3, 0.4) is 0 Å². The maximum atomic E-state index is 12.3. The highest BCUT2D eigenvalue weighted by molar-refractivity contribution is 6.32. The maximum Gasteiger partial charge on any atom is 0.253 e. The van der Waals surface area contributed by atoms with Gasteiger partial charge in [0.1, 0.15) is 5.75 Å². The van der Waals surface area contributed by atoms with Crippen molar-refractivity contribution in [3.05, 3.63) is 28.8 Å². The second kappa shape index (κ2) is 5.61. The van der Waals surface area contributed by atoms with Gasteiger partial charge in [-0.3, -0.25) is 4.79 Å². The molecule has 2 rings (SSSR count). The number of phenolic OH excluding ortho intramolecular Hbond substituents is 1. The van der Waals surface area contributed by atoms with Gasteiger partial charge < -0.3 is 10.0 Å². The minimum atomic E-state index is -0.00806. The van der Waals surface area contributed by atoms with Crippen molar-refractivity contribution >= 4 is 17.5 Å². The molecule has 0 saturated heterocycles. The lowest BCUT2D eigenvalue weighted by atomic mass is 9.85. The molecular weight excluding hydrogens is 250 g/mol. The Balaban J connectivity index is 2.09. The van der Waals surface area contributed by atoms with Crippen molar-refractivity contribution in [2.75, 3.05) is 13.1 Å². The summed E-state index contributed by atoms with van der Waals surface area (Å²) in [5.41, 5.74) is 0.541. The van der Waals surface area contributed by atoms with Crippen molar-refractivity contribution in [2.24, 2.45) is 5.92 Å². The summed E-state index contributed by atoms with van der Waals surface area (Å²) in [4.78, 5) is 14.2. The summed E-state index contributed by atoms with van der Waals surface area (Å²) < 4.78 is 0. The van der Waals surface area contributed by atoms with Crippen LogP contribution in [0.25, 0.3) is 0 Å². The molecule has 0 bridgehead atoms. The quantitative estimate of drug-likeness (QED) is 0.909. The van der Waals surface area contributed by atoms with E-state index in [1.54, 1.807) is 6.07 Å². The van der Waals surface area contributed by atoms with Gasteiger partial charge in [-0.25, -0.2) is 0 Å². The molecule has 4 heteroatoms. The molecule has 1 fully saturated rings. The molecule has 0 aliphatic heterocycles. The topological polar surface area (TPSA) is 40.5 Å². The largest absolute Gasteiger partial charge is 0.506 e. The highest BCUT2D eigenvalue weighted by atomic mass is 35.5. The van der Waals surface area contributed by atoms with Crippen LogP contribution in [0.4, 0.5) is 0 Å². The number of carbonyl (C=O) groups is 1. The molecule has 18 heavy (non-hydrogen) atoms. The Labute approximate surface area is 112 Å². The smallest absolute Gasteiger partial charge is 0.253 e. The number of aromatic hydroxyl groups is 1. The van der Waals surface area contributed by atoms with Crippen LogP contribution < -0.4 is 0 Å². The van der Waals surface area contributed by atoms with Crippen LogP contribution in [0, 0.1) is 5.92 Å². The highest BCUT2D eigenvalue weighted by Gasteiger charge is 2.23. The average Bonchev–Trinajstić information content (AvgIpc) is 2.31. The van der Waals surface area contributed by atoms with Gasteiger partial charge in [0.25, 0.3) is 5.91 Å². The van der Waals surface area contributed by atoms with Crippen molar-refractivity contribution in [1.82, 2.24) is 4.90 Å². The van der Waals surface area contributed by atoms with Gasteiger partial charge in [-0.05, 0) is 43.9 Å². The molecule has 0 atom stereocenters. The Bertz CT molecular complexity index is 443. The van der Waals surface area contributed by atoms with E-state index in [0.717, 1.165) is 6.54 Å². The van der Waals surface area contributed by atoms with E-state index in [9.17, 15) is 9.90 Å². The first kappa shape index (κ1) is 13.2. The van der Waals surface area contributed by atoms with Crippen LogP contribution >= 0.6 is 11.6 Å². The maximum absolute atomic E-state index is 12.3. The van der Waals surface area contributed by atoms with Gasteiger partial charge in [-0.2, -0.15) is 0 Å². The Morgan fingerprint density at radius 1 is 1.50 bits per heavy atom. The number of benzene rings is 1. The fraction of sp³-hybridized carbons (Fsp3) is 0.500. The third kappa shape index (κ3) is 2.78. The molecule has 0 heterocycles. The summed E-state index contributed by atoms with van der Waals surface area (Å²) in [6, 6.07) is 4.61. The van der Waals surface area contributed by atoms with Crippen LogP contribution in [0.1, 0.15) is 36.5 Å². The first-order valence-corrected chi connectivity index (χ1v) is 6.77. The predicted molar refractivity (Wildman–Crippen MR) is 72.0 cm³/mol. The summed E-state index contributed by atoms with van der Waals surface area (Å²) in [5.74, 6) is 0.656. The molecule has 3 nitrogen and oxygen atoms in total. The van der Waals surface area contributed by atoms with Crippen molar-refractivity contribution in [3.8, 4) is 5.75 Å². The normalized spacial score (nSPS) is 15.2. The van der Waals surface area contributed by atoms with Gasteiger partial charge in [0, 0.05) is 18.7 Å². The zero-order chi connectivity index (χ0) is 13.1. The summed E-state index contributed by atoms with van der Waals surface area (Å²) in [6.07, 6.45) is 3.72. The summed E-state index contributed by atoms with van der Waals surface area (Å²) in [5, 5.41) is 9.58. The lowest BCUT2D eigenvalue weighted by Gasteiger charge is -2.31. The number of halogens is 1. The molecule has 1 saturated carbocycles. The molecule has 1 amide bonds. The predicted octanol–water partition coefficient (Wildman–Crippen LogP) is 3.31. The monoisotopic (exact) mass is 267 g/mol. The van der Waals surface area contributed by atoms with E-state index in [1.807, 2.05) is 11.8 Å². The molecule has 1 N–H and O–H groups in total. The molecular formula is C14H18ClNO2. The average molecular weight is 268 g/mol. The molecule has 98 valence electrons.